The van der Waals surface area contributed by atoms with Crippen LogP contribution >= 0.6 is 11.8 Å². The zero-order chi connectivity index (χ0) is 15.0. The van der Waals surface area contributed by atoms with Crippen LogP contribution in [-0.2, 0) is 4.79 Å². The zero-order valence-corrected chi connectivity index (χ0v) is 12.8. The second kappa shape index (κ2) is 5.35. The molecule has 2 aliphatic rings. The summed E-state index contributed by atoms with van der Waals surface area (Å²) in [6.07, 6.45) is 1.71. The first-order valence-electron chi connectivity index (χ1n) is 7.06. The van der Waals surface area contributed by atoms with Crippen LogP contribution in [0.4, 0.5) is 0 Å². The first kappa shape index (κ1) is 14.4. The van der Waals surface area contributed by atoms with Crippen LogP contribution in [0.5, 0.6) is 5.75 Å². The molecule has 2 aliphatic heterocycles. The van der Waals surface area contributed by atoms with E-state index in [1.165, 1.54) is 0 Å². The molecule has 0 spiro atoms. The number of aliphatic imine (C=N–C) groups is 1. The number of nitrogens with zero attached hydrogens (tertiary/aromatic N) is 2. The Morgan fingerprint density at radius 2 is 2.29 bits per heavy atom. The molecule has 3 rings (SSSR count). The summed E-state index contributed by atoms with van der Waals surface area (Å²) < 4.78 is 0. The molecular formula is C15H19N3O2S. The summed E-state index contributed by atoms with van der Waals surface area (Å²) in [7, 11) is 1.94. The number of thioether (sulfide) groups is 1. The van der Waals surface area contributed by atoms with Crippen molar-refractivity contribution in [1.82, 2.24) is 4.90 Å². The van der Waals surface area contributed by atoms with Gasteiger partial charge in [-0.2, -0.15) is 0 Å². The fourth-order valence-corrected chi connectivity index (χ4v) is 4.49. The summed E-state index contributed by atoms with van der Waals surface area (Å²) >= 11 is 1.58. The Balaban J connectivity index is 1.95. The van der Waals surface area contributed by atoms with Crippen LogP contribution < -0.4 is 5.73 Å². The SMILES string of the molecule is CN1CCCC1(C(N)=O)[C@@H]1CSC(c2ccccc2O)=N1. The highest BCUT2D eigenvalue weighted by molar-refractivity contribution is 8.14. The molecule has 21 heavy (non-hydrogen) atoms. The molecule has 1 fully saturated rings. The number of nitrogens with two attached hydrogens (primary N) is 1. The molecule has 3 N–H and O–H groups in total. The highest BCUT2D eigenvalue weighted by atomic mass is 32.2. The van der Waals surface area contributed by atoms with Crippen molar-refractivity contribution < 1.29 is 9.90 Å². The Morgan fingerprint density at radius 1 is 1.52 bits per heavy atom. The van der Waals surface area contributed by atoms with Gasteiger partial charge in [0.1, 0.15) is 16.3 Å². The molecule has 1 aromatic rings. The van der Waals surface area contributed by atoms with Crippen molar-refractivity contribution in [3.8, 4) is 5.75 Å². The van der Waals surface area contributed by atoms with Crippen LogP contribution in [0.3, 0.4) is 0 Å². The molecule has 1 unspecified atom stereocenters. The van der Waals surface area contributed by atoms with Crippen LogP contribution in [0.1, 0.15) is 18.4 Å². The molecular weight excluding hydrogens is 286 g/mol. The van der Waals surface area contributed by atoms with Crippen molar-refractivity contribution in [2.75, 3.05) is 19.3 Å². The molecule has 2 atom stereocenters. The van der Waals surface area contributed by atoms with E-state index in [0.717, 1.165) is 35.7 Å². The number of hydrogen-bond donors (Lipinski definition) is 2. The summed E-state index contributed by atoms with van der Waals surface area (Å²) in [4.78, 5) is 18.8. The van der Waals surface area contributed by atoms with Crippen LogP contribution in [0, 0.1) is 0 Å². The molecule has 5 nitrogen and oxygen atoms in total. The highest BCUT2D eigenvalue weighted by Gasteiger charge is 2.52. The molecule has 1 saturated heterocycles. The second-order valence-corrected chi connectivity index (χ2v) is 6.60. The van der Waals surface area contributed by atoms with Gasteiger partial charge in [0, 0.05) is 11.3 Å². The van der Waals surface area contributed by atoms with Gasteiger partial charge in [0.05, 0.1) is 6.04 Å². The lowest BCUT2D eigenvalue weighted by Crippen LogP contribution is -2.59. The lowest BCUT2D eigenvalue weighted by atomic mass is 9.87. The molecule has 1 amide bonds. The second-order valence-electron chi connectivity index (χ2n) is 5.59. The van der Waals surface area contributed by atoms with Gasteiger partial charge in [-0.1, -0.05) is 12.1 Å². The van der Waals surface area contributed by atoms with Gasteiger partial charge in [0.15, 0.2) is 0 Å². The van der Waals surface area contributed by atoms with Gasteiger partial charge in [-0.05, 0) is 38.6 Å². The number of carbonyl (C=O) groups excluding carboxylic acids is 1. The Kier molecular flexibility index (Phi) is 3.67. The first-order chi connectivity index (χ1) is 10.1. The van der Waals surface area contributed by atoms with E-state index in [-0.39, 0.29) is 17.7 Å². The normalized spacial score (nSPS) is 29.6. The van der Waals surface area contributed by atoms with Gasteiger partial charge in [0.2, 0.25) is 5.91 Å². The Hall–Kier alpha value is -1.53. The number of benzene rings is 1. The maximum atomic E-state index is 12.1. The maximum absolute atomic E-state index is 12.1. The van der Waals surface area contributed by atoms with Crippen molar-refractivity contribution in [2.24, 2.45) is 10.7 Å². The lowest BCUT2D eigenvalue weighted by molar-refractivity contribution is -0.128. The highest BCUT2D eigenvalue weighted by Crippen LogP contribution is 2.39. The van der Waals surface area contributed by atoms with Crippen LogP contribution in [0.2, 0.25) is 0 Å². The van der Waals surface area contributed by atoms with E-state index in [9.17, 15) is 9.90 Å². The number of rotatable bonds is 3. The first-order valence-corrected chi connectivity index (χ1v) is 8.04. The smallest absolute Gasteiger partial charge is 0.240 e. The van der Waals surface area contributed by atoms with Gasteiger partial charge < -0.3 is 10.8 Å². The Labute approximate surface area is 128 Å². The number of aromatic hydroxyl groups is 1. The summed E-state index contributed by atoms with van der Waals surface area (Å²) in [5.41, 5.74) is 5.75. The average molecular weight is 305 g/mol. The number of para-hydroxylation sites is 1. The Morgan fingerprint density at radius 3 is 2.90 bits per heavy atom. The number of hydrogen-bond acceptors (Lipinski definition) is 5. The lowest BCUT2D eigenvalue weighted by Gasteiger charge is -2.36. The van der Waals surface area contributed by atoms with E-state index in [0.29, 0.717) is 0 Å². The summed E-state index contributed by atoms with van der Waals surface area (Å²) in [5, 5.41) is 10.7. The van der Waals surface area contributed by atoms with Crippen LogP contribution in [0.25, 0.3) is 0 Å². The molecule has 1 aromatic carbocycles. The largest absolute Gasteiger partial charge is 0.507 e. The molecule has 6 heteroatoms. The number of primary amides is 1. The third-order valence-corrected chi connectivity index (χ3v) is 5.58. The van der Waals surface area contributed by atoms with E-state index < -0.39 is 5.54 Å². The molecule has 0 radical (unpaired) electrons. The fraction of sp³-hybridized carbons (Fsp3) is 0.467. The standard InChI is InChI=1S/C15H19N3O2S/c1-18-8-4-7-15(18,14(16)20)12-9-21-13(17-12)10-5-2-3-6-11(10)19/h2-3,5-6,12,19H,4,7-9H2,1H3,(H2,16,20)/t12-,15?/m0/s1. The summed E-state index contributed by atoms with van der Waals surface area (Å²) in [6.45, 7) is 0.867. The minimum Gasteiger partial charge on any atom is -0.507 e. The number of likely N-dealkylation sites (N-methyl/N-ethyl adjacent to an activating group) is 1. The number of phenolic OH excluding ortho intramolecular Hbond substituents is 1. The average Bonchev–Trinajstić information content (AvgIpc) is 3.06. The van der Waals surface area contributed by atoms with Crippen LogP contribution in [0.15, 0.2) is 29.3 Å². The number of likely N-dealkylation sites (tertiary alicyclic amines) is 1. The molecule has 0 aromatic heterocycles. The van der Waals surface area contributed by atoms with Crippen molar-refractivity contribution in [3.05, 3.63) is 29.8 Å². The van der Waals surface area contributed by atoms with Crippen LogP contribution in [-0.4, -0.2) is 51.9 Å². The van der Waals surface area contributed by atoms with Gasteiger partial charge >= 0.3 is 0 Å². The van der Waals surface area contributed by atoms with E-state index in [4.69, 9.17) is 10.7 Å². The van der Waals surface area contributed by atoms with Gasteiger partial charge in [0.25, 0.3) is 0 Å². The topological polar surface area (TPSA) is 78.9 Å². The predicted molar refractivity (Wildman–Crippen MR) is 84.7 cm³/mol. The van der Waals surface area contributed by atoms with Crippen molar-refractivity contribution in [1.29, 1.82) is 0 Å². The minimum atomic E-state index is -0.681. The van der Waals surface area contributed by atoms with Crippen molar-refractivity contribution in [2.45, 2.75) is 24.4 Å². The quantitative estimate of drug-likeness (QED) is 0.879. The number of carbonyl (C=O) groups is 1. The summed E-state index contributed by atoms with van der Waals surface area (Å²) in [6, 6.07) is 7.00. The molecule has 0 bridgehead atoms. The third-order valence-electron chi connectivity index (χ3n) is 4.50. The van der Waals surface area contributed by atoms with Crippen molar-refractivity contribution in [3.63, 3.8) is 0 Å². The molecule has 0 aliphatic carbocycles. The summed E-state index contributed by atoms with van der Waals surface area (Å²) in [5.74, 6) is 0.643. The van der Waals surface area contributed by atoms with E-state index in [1.54, 1.807) is 23.9 Å². The van der Waals surface area contributed by atoms with E-state index in [2.05, 4.69) is 0 Å². The third kappa shape index (κ3) is 2.22. The van der Waals surface area contributed by atoms with E-state index in [1.807, 2.05) is 24.1 Å². The number of amides is 1. The van der Waals surface area contributed by atoms with Gasteiger partial charge in [-0.15, -0.1) is 11.8 Å². The maximum Gasteiger partial charge on any atom is 0.240 e. The Bertz CT molecular complexity index is 604. The molecule has 0 saturated carbocycles. The minimum absolute atomic E-state index is 0.151. The fourth-order valence-electron chi connectivity index (χ4n) is 3.29. The van der Waals surface area contributed by atoms with Gasteiger partial charge in [-0.25, -0.2) is 0 Å². The number of phenols is 1. The molecule has 112 valence electrons. The monoisotopic (exact) mass is 305 g/mol. The zero-order valence-electron chi connectivity index (χ0n) is 12.0. The van der Waals surface area contributed by atoms with E-state index >= 15 is 0 Å². The predicted octanol–water partition coefficient (Wildman–Crippen LogP) is 1.20. The molecule has 2 heterocycles. The van der Waals surface area contributed by atoms with Gasteiger partial charge in [-0.3, -0.25) is 14.7 Å². The van der Waals surface area contributed by atoms with Crippen molar-refractivity contribution >= 4 is 22.7 Å².